The summed E-state index contributed by atoms with van der Waals surface area (Å²) in [5.74, 6) is -1.22. The maximum Gasteiger partial charge on any atom is 0.331 e. The van der Waals surface area contributed by atoms with Crippen LogP contribution in [0.5, 0.6) is 0 Å². The van der Waals surface area contributed by atoms with Crippen molar-refractivity contribution in [2.24, 2.45) is 0 Å². The summed E-state index contributed by atoms with van der Waals surface area (Å²) in [4.78, 5) is 26.3. The first-order valence-electron chi connectivity index (χ1n) is 7.85. The van der Waals surface area contributed by atoms with Crippen LogP contribution >= 0.6 is 0 Å². The first-order valence-corrected chi connectivity index (χ1v) is 7.85. The Balaban J connectivity index is 1.67. The summed E-state index contributed by atoms with van der Waals surface area (Å²) in [6, 6.07) is 14.5. The first kappa shape index (κ1) is 14.0. The fraction of sp³-hybridized carbons (Fsp3) is 0.263. The number of benzene rings is 2. The maximum atomic E-state index is 12.9. The van der Waals surface area contributed by atoms with E-state index in [1.165, 1.54) is 5.56 Å². The molecular weight excluding hydrogens is 290 g/mol. The molecule has 1 N–H and O–H groups in total. The van der Waals surface area contributed by atoms with Crippen LogP contribution in [0.4, 0.5) is 0 Å². The number of fused-ring (bicyclic) bond motifs is 2. The normalized spacial score (nSPS) is 21.8. The average Bonchev–Trinajstić information content (AvgIpc) is 2.54. The van der Waals surface area contributed by atoms with E-state index in [9.17, 15) is 14.7 Å². The minimum absolute atomic E-state index is 0.0643. The number of carboxylic acid groups (broad SMARTS) is 1. The van der Waals surface area contributed by atoms with Crippen molar-refractivity contribution in [3.63, 3.8) is 0 Å². The molecule has 0 saturated carbocycles. The second kappa shape index (κ2) is 5.23. The molecule has 1 amide bonds. The topological polar surface area (TPSA) is 57.6 Å². The van der Waals surface area contributed by atoms with Crippen molar-refractivity contribution < 1.29 is 14.7 Å². The van der Waals surface area contributed by atoms with E-state index < -0.39 is 12.0 Å². The van der Waals surface area contributed by atoms with Crippen molar-refractivity contribution in [2.45, 2.75) is 24.8 Å². The predicted molar refractivity (Wildman–Crippen MR) is 85.1 cm³/mol. The van der Waals surface area contributed by atoms with Crippen molar-refractivity contribution in [1.82, 2.24) is 4.90 Å². The van der Waals surface area contributed by atoms with Gasteiger partial charge in [0, 0.05) is 6.54 Å². The van der Waals surface area contributed by atoms with E-state index in [1.54, 1.807) is 4.90 Å². The highest BCUT2D eigenvalue weighted by atomic mass is 16.4. The minimum atomic E-state index is -0.960. The molecule has 1 heterocycles. The van der Waals surface area contributed by atoms with Gasteiger partial charge in [0.2, 0.25) is 5.91 Å². The van der Waals surface area contributed by atoms with Crippen LogP contribution < -0.4 is 0 Å². The molecule has 0 saturated heterocycles. The molecule has 0 fully saturated rings. The van der Waals surface area contributed by atoms with E-state index in [4.69, 9.17) is 0 Å². The van der Waals surface area contributed by atoms with Gasteiger partial charge in [-0.05, 0) is 35.1 Å². The van der Waals surface area contributed by atoms with Gasteiger partial charge in [-0.25, -0.2) is 4.79 Å². The largest absolute Gasteiger partial charge is 0.479 e. The number of carbonyl (C=O) groups is 2. The molecule has 0 aromatic heterocycles. The molecular formula is C19H17NO3. The number of nitrogens with zero attached hydrogens (tertiary/aromatic N) is 1. The van der Waals surface area contributed by atoms with E-state index in [1.807, 2.05) is 48.5 Å². The Morgan fingerprint density at radius 2 is 1.61 bits per heavy atom. The van der Waals surface area contributed by atoms with Gasteiger partial charge in [-0.2, -0.15) is 0 Å². The Morgan fingerprint density at radius 3 is 2.30 bits per heavy atom. The molecule has 1 aliphatic carbocycles. The predicted octanol–water partition coefficient (Wildman–Crippen LogP) is 2.54. The molecule has 4 nitrogen and oxygen atoms in total. The third-order valence-electron chi connectivity index (χ3n) is 4.95. The first-order chi connectivity index (χ1) is 11.2. The van der Waals surface area contributed by atoms with Crippen molar-refractivity contribution in [2.75, 3.05) is 6.54 Å². The van der Waals surface area contributed by atoms with Crippen molar-refractivity contribution in [3.8, 4) is 0 Å². The molecule has 2 aliphatic rings. The molecule has 2 atom stereocenters. The van der Waals surface area contributed by atoms with Crippen molar-refractivity contribution >= 4 is 11.9 Å². The molecule has 0 bridgehead atoms. The Kier molecular flexibility index (Phi) is 3.18. The minimum Gasteiger partial charge on any atom is -0.479 e. The zero-order valence-corrected chi connectivity index (χ0v) is 12.6. The molecule has 0 unspecified atom stereocenters. The van der Waals surface area contributed by atoms with Crippen LogP contribution in [-0.2, 0) is 22.4 Å². The molecule has 0 spiro atoms. The molecule has 1 aliphatic heterocycles. The zero-order valence-electron chi connectivity index (χ0n) is 12.6. The second-order valence-corrected chi connectivity index (χ2v) is 6.18. The van der Waals surface area contributed by atoms with Gasteiger partial charge >= 0.3 is 5.97 Å². The van der Waals surface area contributed by atoms with Gasteiger partial charge in [0.1, 0.15) is 0 Å². The van der Waals surface area contributed by atoms with Crippen LogP contribution in [0.3, 0.4) is 0 Å². The summed E-state index contributed by atoms with van der Waals surface area (Å²) in [5, 5.41) is 9.68. The van der Waals surface area contributed by atoms with Gasteiger partial charge in [-0.1, -0.05) is 48.5 Å². The van der Waals surface area contributed by atoms with Gasteiger partial charge in [0.25, 0.3) is 0 Å². The van der Waals surface area contributed by atoms with Gasteiger partial charge in [-0.15, -0.1) is 0 Å². The van der Waals surface area contributed by atoms with E-state index in [-0.39, 0.29) is 11.8 Å². The maximum absolute atomic E-state index is 12.9. The van der Waals surface area contributed by atoms with E-state index >= 15 is 0 Å². The Morgan fingerprint density at radius 1 is 0.957 bits per heavy atom. The number of aliphatic carboxylic acids is 1. The molecule has 23 heavy (non-hydrogen) atoms. The van der Waals surface area contributed by atoms with Gasteiger partial charge in [-0.3, -0.25) is 4.79 Å². The van der Waals surface area contributed by atoms with Crippen LogP contribution in [0.1, 0.15) is 34.2 Å². The SMILES string of the molecule is O=C(O)[C@@H]1c2ccccc2CCN1C(=O)[C@H]1Cc2ccccc21. The summed E-state index contributed by atoms with van der Waals surface area (Å²) in [6.45, 7) is 0.464. The lowest BCUT2D eigenvalue weighted by Crippen LogP contribution is -2.47. The number of hydrogen-bond acceptors (Lipinski definition) is 2. The molecule has 2 aromatic carbocycles. The molecule has 116 valence electrons. The van der Waals surface area contributed by atoms with Crippen LogP contribution in [0, 0.1) is 0 Å². The van der Waals surface area contributed by atoms with Gasteiger partial charge < -0.3 is 10.0 Å². The highest BCUT2D eigenvalue weighted by Crippen LogP contribution is 2.39. The van der Waals surface area contributed by atoms with Crippen molar-refractivity contribution in [3.05, 3.63) is 70.8 Å². The van der Waals surface area contributed by atoms with Crippen LogP contribution in [0.15, 0.2) is 48.5 Å². The highest BCUT2D eigenvalue weighted by Gasteiger charge is 2.41. The smallest absolute Gasteiger partial charge is 0.331 e. The van der Waals surface area contributed by atoms with Gasteiger partial charge in [0.15, 0.2) is 6.04 Å². The van der Waals surface area contributed by atoms with Crippen LogP contribution in [-0.4, -0.2) is 28.4 Å². The standard InChI is InChI=1S/C19H17NO3/c21-18(16-11-13-6-2-3-7-14(13)16)20-10-9-12-5-1-4-8-15(12)17(20)19(22)23/h1-8,16-17H,9-11H2,(H,22,23)/t16-,17-/m0/s1. The molecule has 2 aromatic rings. The number of carbonyl (C=O) groups excluding carboxylic acids is 1. The van der Waals surface area contributed by atoms with Gasteiger partial charge in [0.05, 0.1) is 5.92 Å². The summed E-state index contributed by atoms with van der Waals surface area (Å²) in [6.07, 6.45) is 1.42. The third kappa shape index (κ3) is 2.13. The monoisotopic (exact) mass is 307 g/mol. The lowest BCUT2D eigenvalue weighted by Gasteiger charge is -2.39. The van der Waals surface area contributed by atoms with Crippen LogP contribution in [0.2, 0.25) is 0 Å². The number of hydrogen-bond donors (Lipinski definition) is 1. The lowest BCUT2D eigenvalue weighted by molar-refractivity contribution is -0.152. The Labute approximate surface area is 134 Å². The highest BCUT2D eigenvalue weighted by molar-refractivity contribution is 5.91. The van der Waals surface area contributed by atoms with Crippen LogP contribution in [0.25, 0.3) is 0 Å². The molecule has 4 heteroatoms. The summed E-state index contributed by atoms with van der Waals surface area (Å²) < 4.78 is 0. The zero-order chi connectivity index (χ0) is 16.0. The average molecular weight is 307 g/mol. The number of rotatable bonds is 2. The molecule has 4 rings (SSSR count). The second-order valence-electron chi connectivity index (χ2n) is 6.18. The molecule has 0 radical (unpaired) electrons. The van der Waals surface area contributed by atoms with Crippen molar-refractivity contribution in [1.29, 1.82) is 0 Å². The number of carboxylic acids is 1. The summed E-state index contributed by atoms with van der Waals surface area (Å²) >= 11 is 0. The third-order valence-corrected chi connectivity index (χ3v) is 4.95. The Hall–Kier alpha value is -2.62. The Bertz CT molecular complexity index is 799. The summed E-state index contributed by atoms with van der Waals surface area (Å²) in [5.41, 5.74) is 4.00. The number of amides is 1. The van der Waals surface area contributed by atoms with E-state index in [0.29, 0.717) is 19.4 Å². The lowest BCUT2D eigenvalue weighted by atomic mass is 9.76. The van der Waals surface area contributed by atoms with E-state index in [0.717, 1.165) is 16.7 Å². The summed E-state index contributed by atoms with van der Waals surface area (Å²) in [7, 11) is 0. The quantitative estimate of drug-likeness (QED) is 0.927. The fourth-order valence-electron chi connectivity index (χ4n) is 3.75. The fourth-order valence-corrected chi connectivity index (χ4v) is 3.75. The van der Waals surface area contributed by atoms with E-state index in [2.05, 4.69) is 0 Å².